The fourth-order valence-electron chi connectivity index (χ4n) is 8.08. The molecule has 5 nitrogen and oxygen atoms in total. The minimum Gasteiger partial charge on any atom is -0.493 e. The topological polar surface area (TPSA) is 66.8 Å². The van der Waals surface area contributed by atoms with Crippen LogP contribution >= 0.6 is 0 Å². The molecule has 4 atom stereocenters. The summed E-state index contributed by atoms with van der Waals surface area (Å²) in [6.07, 6.45) is 8.79. The molecule has 1 N–H and O–H groups in total. The van der Waals surface area contributed by atoms with Gasteiger partial charge in [-0.2, -0.15) is 0 Å². The van der Waals surface area contributed by atoms with Crippen molar-refractivity contribution in [3.05, 3.63) is 28.8 Å². The van der Waals surface area contributed by atoms with Crippen LogP contribution in [0.2, 0.25) is 0 Å². The van der Waals surface area contributed by atoms with Crippen molar-refractivity contribution in [3.8, 4) is 5.75 Å². The summed E-state index contributed by atoms with van der Waals surface area (Å²) in [5.41, 5.74) is 1.84. The van der Waals surface area contributed by atoms with Crippen LogP contribution in [-0.4, -0.2) is 46.5 Å². The van der Waals surface area contributed by atoms with Crippen LogP contribution in [0, 0.1) is 11.3 Å². The Labute approximate surface area is 196 Å². The van der Waals surface area contributed by atoms with Crippen LogP contribution in [0.25, 0.3) is 0 Å². The number of amides is 1. The van der Waals surface area contributed by atoms with E-state index in [1.165, 1.54) is 16.7 Å². The third-order valence-corrected chi connectivity index (χ3v) is 10.1. The first-order valence-corrected chi connectivity index (χ1v) is 13.3. The zero-order valence-electron chi connectivity index (χ0n) is 20.1. The van der Waals surface area contributed by atoms with E-state index >= 15 is 0 Å². The lowest BCUT2D eigenvalue weighted by atomic mass is 9.42. The summed E-state index contributed by atoms with van der Waals surface area (Å²) < 4.78 is 6.23. The number of unbranched alkanes of at least 4 members (excludes halogenated alkanes) is 1. The number of benzene rings is 1. The number of carbonyl (C=O) groups excluding carboxylic acids is 2. The standard InChI is InChI=1S/C28H37NO4/c1-3-5-16-33-22-9-6-18-17-23-28(32)11-10-21(30)20-8-7-19(22)24(18)27(20,28)14-15-29(23)25(31)26(4-2)12-13-26/h6,9,20,23,32H,3-5,7-8,10-17H2,1-2H3. The lowest BCUT2D eigenvalue weighted by molar-refractivity contribution is -0.197. The minimum atomic E-state index is -1.03. The van der Waals surface area contributed by atoms with E-state index in [1.54, 1.807) is 0 Å². The maximum Gasteiger partial charge on any atom is 0.229 e. The highest BCUT2D eigenvalue weighted by Crippen LogP contribution is 2.64. The Morgan fingerprint density at radius 2 is 2.00 bits per heavy atom. The van der Waals surface area contributed by atoms with E-state index < -0.39 is 11.0 Å². The number of nitrogens with zero attached hydrogens (tertiary/aromatic N) is 1. The predicted octanol–water partition coefficient (Wildman–Crippen LogP) is 4.11. The molecule has 5 aliphatic rings. The van der Waals surface area contributed by atoms with Crippen molar-refractivity contribution in [1.82, 2.24) is 4.90 Å². The first-order chi connectivity index (χ1) is 15.9. The highest BCUT2D eigenvalue weighted by Gasteiger charge is 2.71. The van der Waals surface area contributed by atoms with Gasteiger partial charge in [0.25, 0.3) is 0 Å². The quantitative estimate of drug-likeness (QED) is 0.661. The molecule has 1 saturated heterocycles. The number of likely N-dealkylation sites (tertiary alicyclic amines) is 1. The monoisotopic (exact) mass is 451 g/mol. The summed E-state index contributed by atoms with van der Waals surface area (Å²) in [5, 5.41) is 12.6. The predicted molar refractivity (Wildman–Crippen MR) is 125 cm³/mol. The van der Waals surface area contributed by atoms with Gasteiger partial charge in [-0.1, -0.05) is 26.3 Å². The van der Waals surface area contributed by atoms with Gasteiger partial charge in [-0.3, -0.25) is 9.59 Å². The summed E-state index contributed by atoms with van der Waals surface area (Å²) in [5.74, 6) is 1.34. The van der Waals surface area contributed by atoms with Crippen LogP contribution in [0.4, 0.5) is 0 Å². The molecule has 178 valence electrons. The molecule has 0 aromatic heterocycles. The fraction of sp³-hybridized carbons (Fsp3) is 0.714. The smallest absolute Gasteiger partial charge is 0.229 e. The number of hydrogen-bond donors (Lipinski definition) is 1. The zero-order valence-corrected chi connectivity index (χ0v) is 20.1. The number of Topliss-reactive ketones (excluding diaryl/α,β-unsaturated/α-hetero) is 1. The Morgan fingerprint density at radius 1 is 1.18 bits per heavy atom. The molecule has 3 fully saturated rings. The van der Waals surface area contributed by atoms with Crippen molar-refractivity contribution in [3.63, 3.8) is 0 Å². The fourth-order valence-corrected chi connectivity index (χ4v) is 8.08. The van der Waals surface area contributed by atoms with Gasteiger partial charge in [-0.05, 0) is 80.5 Å². The van der Waals surface area contributed by atoms with E-state index in [4.69, 9.17) is 4.74 Å². The van der Waals surface area contributed by atoms with E-state index in [2.05, 4.69) is 26.0 Å². The second kappa shape index (κ2) is 7.31. The number of carbonyl (C=O) groups is 2. The maximum atomic E-state index is 13.7. The average Bonchev–Trinajstić information content (AvgIpc) is 3.61. The summed E-state index contributed by atoms with van der Waals surface area (Å²) in [4.78, 5) is 29.0. The van der Waals surface area contributed by atoms with Crippen LogP contribution in [0.3, 0.4) is 0 Å². The number of hydrogen-bond acceptors (Lipinski definition) is 4. The van der Waals surface area contributed by atoms with Crippen molar-refractivity contribution in [1.29, 1.82) is 0 Å². The molecular formula is C28H37NO4. The Hall–Kier alpha value is -1.88. The van der Waals surface area contributed by atoms with Crippen molar-refractivity contribution in [2.75, 3.05) is 13.2 Å². The van der Waals surface area contributed by atoms with E-state index in [-0.39, 0.29) is 23.3 Å². The molecule has 1 aromatic rings. The van der Waals surface area contributed by atoms with Gasteiger partial charge in [-0.15, -0.1) is 0 Å². The van der Waals surface area contributed by atoms with Crippen LogP contribution < -0.4 is 4.74 Å². The first kappa shape index (κ1) is 21.6. The second-order valence-corrected chi connectivity index (χ2v) is 11.3. The molecular weight excluding hydrogens is 414 g/mol. The van der Waals surface area contributed by atoms with Crippen molar-refractivity contribution in [2.45, 2.75) is 102 Å². The number of aliphatic hydroxyl groups is 1. The molecule has 4 aliphatic carbocycles. The Kier molecular flexibility index (Phi) is 4.79. The molecule has 4 unspecified atom stereocenters. The molecule has 6 rings (SSSR count). The lowest BCUT2D eigenvalue weighted by Gasteiger charge is -2.67. The van der Waals surface area contributed by atoms with Gasteiger partial charge in [0.1, 0.15) is 11.5 Å². The van der Waals surface area contributed by atoms with Gasteiger partial charge in [0.2, 0.25) is 5.91 Å². The molecule has 1 amide bonds. The molecule has 1 spiro atoms. The average molecular weight is 452 g/mol. The Morgan fingerprint density at radius 3 is 2.73 bits per heavy atom. The van der Waals surface area contributed by atoms with E-state index in [1.807, 2.05) is 4.90 Å². The molecule has 1 heterocycles. The van der Waals surface area contributed by atoms with E-state index in [0.29, 0.717) is 44.6 Å². The van der Waals surface area contributed by atoms with Gasteiger partial charge in [0.05, 0.1) is 18.2 Å². The number of ether oxygens (including phenoxy) is 1. The zero-order chi connectivity index (χ0) is 23.0. The third kappa shape index (κ3) is 2.69. The van der Waals surface area contributed by atoms with Gasteiger partial charge in [-0.25, -0.2) is 0 Å². The van der Waals surface area contributed by atoms with Crippen LogP contribution in [0.15, 0.2) is 12.1 Å². The largest absolute Gasteiger partial charge is 0.493 e. The maximum absolute atomic E-state index is 13.7. The van der Waals surface area contributed by atoms with Gasteiger partial charge < -0.3 is 14.7 Å². The summed E-state index contributed by atoms with van der Waals surface area (Å²) in [6.45, 7) is 5.63. The molecule has 5 heteroatoms. The van der Waals surface area contributed by atoms with Gasteiger partial charge in [0.15, 0.2) is 0 Å². The highest BCUT2D eigenvalue weighted by atomic mass is 16.5. The summed E-state index contributed by atoms with van der Waals surface area (Å²) in [6, 6.07) is 4.03. The molecule has 1 aliphatic heterocycles. The molecule has 1 aromatic carbocycles. The van der Waals surface area contributed by atoms with Crippen LogP contribution in [-0.2, 0) is 27.8 Å². The summed E-state index contributed by atoms with van der Waals surface area (Å²) in [7, 11) is 0. The normalized spacial score (nSPS) is 35.1. The third-order valence-electron chi connectivity index (χ3n) is 10.1. The molecule has 2 bridgehead atoms. The summed E-state index contributed by atoms with van der Waals surface area (Å²) >= 11 is 0. The molecule has 33 heavy (non-hydrogen) atoms. The highest BCUT2D eigenvalue weighted by molar-refractivity contribution is 5.88. The van der Waals surface area contributed by atoms with E-state index in [0.717, 1.165) is 50.7 Å². The second-order valence-electron chi connectivity index (χ2n) is 11.3. The number of rotatable bonds is 6. The van der Waals surface area contributed by atoms with Crippen LogP contribution in [0.1, 0.15) is 88.3 Å². The molecule has 2 saturated carbocycles. The first-order valence-electron chi connectivity index (χ1n) is 13.3. The minimum absolute atomic E-state index is 0.144. The lowest BCUT2D eigenvalue weighted by Crippen LogP contribution is -2.77. The Balaban J connectivity index is 1.49. The van der Waals surface area contributed by atoms with Crippen LogP contribution in [0.5, 0.6) is 5.75 Å². The van der Waals surface area contributed by atoms with Crippen molar-refractivity contribution >= 4 is 11.7 Å². The molecule has 0 radical (unpaired) electrons. The van der Waals surface area contributed by atoms with Gasteiger partial charge in [0, 0.05) is 29.7 Å². The van der Waals surface area contributed by atoms with E-state index in [9.17, 15) is 14.7 Å². The van der Waals surface area contributed by atoms with Crippen molar-refractivity contribution in [2.24, 2.45) is 11.3 Å². The number of piperidine rings is 1. The number of ketones is 1. The Bertz CT molecular complexity index is 1010. The SMILES string of the molecule is CCCCOc1ccc2c3c1CCC1C(=O)CCC4(O)C(C2)N(C(=O)C2(CC)CC2)CCC314. The van der Waals surface area contributed by atoms with Crippen molar-refractivity contribution < 1.29 is 19.4 Å². The van der Waals surface area contributed by atoms with Gasteiger partial charge >= 0.3 is 0 Å².